The van der Waals surface area contributed by atoms with Crippen LogP contribution in [0.15, 0.2) is 24.3 Å². The Labute approximate surface area is 133 Å². The van der Waals surface area contributed by atoms with Gasteiger partial charge in [0, 0.05) is 12.2 Å². The van der Waals surface area contributed by atoms with E-state index in [-0.39, 0.29) is 12.4 Å². The molecule has 0 spiro atoms. The molecule has 0 amide bonds. The standard InChI is InChI=1S/C18H28O4/c1-4-7-12-18(20,14-21-6-3)17(19)15-8-10-16(11-9-15)22-13-5-2/h8-11,20H,4-7,12-14H2,1-3H3. The molecule has 1 N–H and O–H groups in total. The second-order valence-corrected chi connectivity index (χ2v) is 5.47. The zero-order chi connectivity index (χ0) is 16.4. The molecular formula is C18H28O4. The van der Waals surface area contributed by atoms with Crippen LogP contribution in [0.25, 0.3) is 0 Å². The monoisotopic (exact) mass is 308 g/mol. The van der Waals surface area contributed by atoms with Gasteiger partial charge in [-0.3, -0.25) is 4.79 Å². The molecule has 0 radical (unpaired) electrons. The quantitative estimate of drug-likeness (QED) is 0.634. The summed E-state index contributed by atoms with van der Waals surface area (Å²) in [6, 6.07) is 6.94. The van der Waals surface area contributed by atoms with E-state index < -0.39 is 5.60 Å². The fourth-order valence-corrected chi connectivity index (χ4v) is 2.18. The molecule has 0 aliphatic rings. The van der Waals surface area contributed by atoms with Crippen LogP contribution in [0.1, 0.15) is 56.8 Å². The van der Waals surface area contributed by atoms with Gasteiger partial charge in [0.1, 0.15) is 5.75 Å². The predicted octanol–water partition coefficient (Wildman–Crippen LogP) is 3.62. The molecule has 1 aromatic carbocycles. The Hall–Kier alpha value is -1.39. The molecule has 1 atom stereocenters. The van der Waals surface area contributed by atoms with Crippen LogP contribution in [0.5, 0.6) is 5.75 Å². The molecule has 0 aromatic heterocycles. The van der Waals surface area contributed by atoms with Crippen molar-refractivity contribution in [3.63, 3.8) is 0 Å². The lowest BCUT2D eigenvalue weighted by Crippen LogP contribution is -2.43. The van der Waals surface area contributed by atoms with Crippen LogP contribution in [0.4, 0.5) is 0 Å². The highest BCUT2D eigenvalue weighted by Crippen LogP contribution is 2.23. The molecule has 4 heteroatoms. The van der Waals surface area contributed by atoms with E-state index in [0.717, 1.165) is 25.0 Å². The van der Waals surface area contributed by atoms with Crippen LogP contribution in [0, 0.1) is 0 Å². The highest BCUT2D eigenvalue weighted by Gasteiger charge is 2.36. The van der Waals surface area contributed by atoms with Gasteiger partial charge in [0.05, 0.1) is 13.2 Å². The van der Waals surface area contributed by atoms with Crippen LogP contribution in [0.3, 0.4) is 0 Å². The number of rotatable bonds is 11. The summed E-state index contributed by atoms with van der Waals surface area (Å²) in [7, 11) is 0. The van der Waals surface area contributed by atoms with Gasteiger partial charge in [-0.25, -0.2) is 0 Å². The molecule has 1 rings (SSSR count). The lowest BCUT2D eigenvalue weighted by Gasteiger charge is -2.26. The zero-order valence-electron chi connectivity index (χ0n) is 13.9. The maximum atomic E-state index is 12.6. The van der Waals surface area contributed by atoms with Gasteiger partial charge in [0.25, 0.3) is 0 Å². The Kier molecular flexibility index (Phi) is 8.13. The first kappa shape index (κ1) is 18.7. The minimum absolute atomic E-state index is 0.0381. The normalized spacial score (nSPS) is 13.6. The van der Waals surface area contributed by atoms with Crippen molar-refractivity contribution in [3.05, 3.63) is 29.8 Å². The number of hydrogen-bond acceptors (Lipinski definition) is 4. The van der Waals surface area contributed by atoms with Crippen LogP contribution >= 0.6 is 0 Å². The van der Waals surface area contributed by atoms with Crippen LogP contribution < -0.4 is 4.74 Å². The van der Waals surface area contributed by atoms with Crippen LogP contribution in [-0.2, 0) is 4.74 Å². The van der Waals surface area contributed by atoms with Gasteiger partial charge in [-0.1, -0.05) is 26.7 Å². The van der Waals surface area contributed by atoms with Gasteiger partial charge in [-0.05, 0) is 44.0 Å². The first-order valence-electron chi connectivity index (χ1n) is 8.15. The SMILES string of the molecule is CCCCC(O)(COCC)C(=O)c1ccc(OCCC)cc1. The van der Waals surface area contributed by atoms with E-state index in [0.29, 0.717) is 25.2 Å². The Morgan fingerprint density at radius 2 is 1.82 bits per heavy atom. The first-order valence-corrected chi connectivity index (χ1v) is 8.15. The Balaban J connectivity index is 2.83. The van der Waals surface area contributed by atoms with Crippen molar-refractivity contribution < 1.29 is 19.4 Å². The third kappa shape index (κ3) is 5.43. The average Bonchev–Trinajstić information content (AvgIpc) is 2.56. The van der Waals surface area contributed by atoms with Gasteiger partial charge < -0.3 is 14.6 Å². The van der Waals surface area contributed by atoms with E-state index in [9.17, 15) is 9.90 Å². The van der Waals surface area contributed by atoms with E-state index in [1.54, 1.807) is 24.3 Å². The summed E-state index contributed by atoms with van der Waals surface area (Å²) in [5, 5.41) is 10.7. The number of ketones is 1. The molecule has 1 unspecified atom stereocenters. The topological polar surface area (TPSA) is 55.8 Å². The van der Waals surface area contributed by atoms with Gasteiger partial charge in [0.2, 0.25) is 0 Å². The molecule has 0 aliphatic heterocycles. The minimum Gasteiger partial charge on any atom is -0.494 e. The second-order valence-electron chi connectivity index (χ2n) is 5.47. The van der Waals surface area contributed by atoms with Crippen molar-refractivity contribution in [2.75, 3.05) is 19.8 Å². The number of hydrogen-bond donors (Lipinski definition) is 1. The van der Waals surface area contributed by atoms with E-state index in [4.69, 9.17) is 9.47 Å². The van der Waals surface area contributed by atoms with Crippen LogP contribution in [0.2, 0.25) is 0 Å². The van der Waals surface area contributed by atoms with Gasteiger partial charge in [-0.15, -0.1) is 0 Å². The van der Waals surface area contributed by atoms with Crippen molar-refractivity contribution in [2.45, 2.75) is 52.1 Å². The Morgan fingerprint density at radius 1 is 1.14 bits per heavy atom. The summed E-state index contributed by atoms with van der Waals surface area (Å²) in [6.45, 7) is 7.09. The number of ether oxygens (including phenoxy) is 2. The zero-order valence-corrected chi connectivity index (χ0v) is 13.9. The summed E-state index contributed by atoms with van der Waals surface area (Å²) in [4.78, 5) is 12.6. The van der Waals surface area contributed by atoms with Crippen molar-refractivity contribution in [2.24, 2.45) is 0 Å². The highest BCUT2D eigenvalue weighted by molar-refractivity contribution is 6.02. The third-order valence-corrected chi connectivity index (χ3v) is 3.50. The molecule has 0 bridgehead atoms. The number of Topliss-reactive ketones (excluding diaryl/α,β-unsaturated/α-hetero) is 1. The first-order chi connectivity index (χ1) is 10.6. The Morgan fingerprint density at radius 3 is 2.36 bits per heavy atom. The summed E-state index contributed by atoms with van der Waals surface area (Å²) in [6.07, 6.45) is 3.06. The number of unbranched alkanes of at least 4 members (excludes halogenated alkanes) is 1. The lowest BCUT2D eigenvalue weighted by atomic mass is 9.88. The number of carbonyl (C=O) groups excluding carboxylic acids is 1. The molecule has 1 aromatic rings. The molecule has 124 valence electrons. The van der Waals surface area contributed by atoms with E-state index in [1.165, 1.54) is 0 Å². The molecule has 0 heterocycles. The van der Waals surface area contributed by atoms with Crippen LogP contribution in [-0.4, -0.2) is 36.3 Å². The maximum absolute atomic E-state index is 12.6. The second kappa shape index (κ2) is 9.59. The number of benzene rings is 1. The molecule has 0 saturated heterocycles. The molecule has 22 heavy (non-hydrogen) atoms. The van der Waals surface area contributed by atoms with E-state index in [1.807, 2.05) is 20.8 Å². The highest BCUT2D eigenvalue weighted by atomic mass is 16.5. The molecule has 4 nitrogen and oxygen atoms in total. The largest absolute Gasteiger partial charge is 0.494 e. The van der Waals surface area contributed by atoms with E-state index in [2.05, 4.69) is 0 Å². The fourth-order valence-electron chi connectivity index (χ4n) is 2.18. The predicted molar refractivity (Wildman–Crippen MR) is 87.5 cm³/mol. The molecule has 0 fully saturated rings. The van der Waals surface area contributed by atoms with Crippen molar-refractivity contribution >= 4 is 5.78 Å². The summed E-state index contributed by atoms with van der Waals surface area (Å²) >= 11 is 0. The maximum Gasteiger partial charge on any atom is 0.196 e. The average molecular weight is 308 g/mol. The number of aliphatic hydroxyl groups is 1. The van der Waals surface area contributed by atoms with Crippen molar-refractivity contribution in [3.8, 4) is 5.75 Å². The summed E-state index contributed by atoms with van der Waals surface area (Å²) < 4.78 is 10.8. The fraction of sp³-hybridized carbons (Fsp3) is 0.611. The lowest BCUT2D eigenvalue weighted by molar-refractivity contribution is -0.0306. The number of carbonyl (C=O) groups is 1. The molecule has 0 aliphatic carbocycles. The van der Waals surface area contributed by atoms with Gasteiger partial charge in [-0.2, -0.15) is 0 Å². The van der Waals surface area contributed by atoms with E-state index >= 15 is 0 Å². The summed E-state index contributed by atoms with van der Waals surface area (Å²) in [5.41, 5.74) is -0.959. The molecule has 0 saturated carbocycles. The molecular weight excluding hydrogens is 280 g/mol. The van der Waals surface area contributed by atoms with Gasteiger partial charge in [0.15, 0.2) is 11.4 Å². The van der Waals surface area contributed by atoms with Gasteiger partial charge >= 0.3 is 0 Å². The van der Waals surface area contributed by atoms with Crippen molar-refractivity contribution in [1.29, 1.82) is 0 Å². The third-order valence-electron chi connectivity index (χ3n) is 3.50. The Bertz CT molecular complexity index is 431. The van der Waals surface area contributed by atoms with Crippen molar-refractivity contribution in [1.82, 2.24) is 0 Å². The smallest absolute Gasteiger partial charge is 0.196 e. The minimum atomic E-state index is -1.45. The summed E-state index contributed by atoms with van der Waals surface area (Å²) in [5.74, 6) is 0.455.